The van der Waals surface area contributed by atoms with Gasteiger partial charge in [0.05, 0.1) is 11.4 Å². The maximum absolute atomic E-state index is 13.8. The second-order valence-corrected chi connectivity index (χ2v) is 12.2. The Bertz CT molecular complexity index is 1140. The molecule has 0 aliphatic carbocycles. The molecule has 2 aromatic rings. The summed E-state index contributed by atoms with van der Waals surface area (Å²) >= 11 is 6.97. The first-order valence-corrected chi connectivity index (χ1v) is 13.2. The molecular formula is C21H28ClN5O5S2. The van der Waals surface area contributed by atoms with E-state index in [4.69, 9.17) is 16.3 Å². The number of carbonyl (C=O) groups is 3. The van der Waals surface area contributed by atoms with Crippen molar-refractivity contribution in [2.75, 3.05) is 0 Å². The second-order valence-electron chi connectivity index (χ2n) is 8.73. The lowest BCUT2D eigenvalue weighted by Crippen LogP contribution is -2.44. The minimum Gasteiger partial charge on any atom is -0.444 e. The first kappa shape index (κ1) is 27.7. The zero-order valence-corrected chi connectivity index (χ0v) is 21.9. The molecule has 0 fully saturated rings. The van der Waals surface area contributed by atoms with Gasteiger partial charge in [0.2, 0.25) is 5.91 Å². The van der Waals surface area contributed by atoms with E-state index in [2.05, 4.69) is 24.4 Å². The number of nitrogens with zero attached hydrogens (tertiary/aromatic N) is 3. The zero-order chi connectivity index (χ0) is 25.5. The Balaban J connectivity index is 2.36. The quantitative estimate of drug-likeness (QED) is 0.530. The number of carbonyl (C=O) groups excluding carboxylic acids is 3. The molecular weight excluding hydrogens is 502 g/mol. The highest BCUT2D eigenvalue weighted by Gasteiger charge is 2.28. The zero-order valence-electron chi connectivity index (χ0n) is 19.5. The second kappa shape index (κ2) is 11.7. The molecule has 2 atom stereocenters. The lowest BCUT2D eigenvalue weighted by molar-refractivity contribution is -0.120. The maximum atomic E-state index is 13.8. The molecule has 0 aliphatic rings. The average molecular weight is 530 g/mol. The van der Waals surface area contributed by atoms with Crippen molar-refractivity contribution in [2.24, 2.45) is 10.3 Å². The van der Waals surface area contributed by atoms with Gasteiger partial charge in [0.15, 0.2) is 9.92 Å². The van der Waals surface area contributed by atoms with Gasteiger partial charge in [-0.15, -0.1) is 15.7 Å². The van der Waals surface area contributed by atoms with Crippen LogP contribution in [0.25, 0.3) is 0 Å². The van der Waals surface area contributed by atoms with Crippen molar-refractivity contribution in [3.05, 3.63) is 40.8 Å². The average Bonchev–Trinajstić information content (AvgIpc) is 3.13. The topological polar surface area (TPSA) is 140 Å². The number of nitrogens with one attached hydrogen (secondary N) is 2. The fraction of sp³-hybridized carbons (Fsp3) is 0.476. The molecule has 186 valence electrons. The van der Waals surface area contributed by atoms with Crippen LogP contribution in [0, 0.1) is 5.92 Å². The van der Waals surface area contributed by atoms with Crippen LogP contribution in [0.2, 0.25) is 5.02 Å². The molecule has 2 heterocycles. The number of halogens is 1. The van der Waals surface area contributed by atoms with Crippen LogP contribution in [0.3, 0.4) is 0 Å². The molecule has 2 N–H and O–H groups in total. The van der Waals surface area contributed by atoms with Crippen LogP contribution in [0.4, 0.5) is 4.79 Å². The first-order chi connectivity index (χ1) is 15.8. The molecule has 0 saturated heterocycles. The van der Waals surface area contributed by atoms with E-state index in [0.29, 0.717) is 0 Å². The van der Waals surface area contributed by atoms with Gasteiger partial charge in [-0.25, -0.2) is 19.0 Å². The van der Waals surface area contributed by atoms with Crippen molar-refractivity contribution in [1.82, 2.24) is 20.0 Å². The monoisotopic (exact) mass is 529 g/mol. The molecule has 2 rings (SSSR count). The highest BCUT2D eigenvalue weighted by molar-refractivity contribution is 7.94. The minimum absolute atomic E-state index is 0.00357. The van der Waals surface area contributed by atoms with Crippen molar-refractivity contribution in [3.63, 3.8) is 0 Å². The lowest BCUT2D eigenvalue weighted by atomic mass is 10.0. The van der Waals surface area contributed by atoms with Crippen molar-refractivity contribution < 1.29 is 23.3 Å². The highest BCUT2D eigenvalue weighted by atomic mass is 35.5. The SMILES string of the molecule is CC(C)C[C@H](NC(=O)OC(C)(C)C)C(=O)N=S(=O)(NC(=O)Cc1ncccn1)c1cc(Cl)cs1. The van der Waals surface area contributed by atoms with E-state index >= 15 is 0 Å². The Labute approximate surface area is 208 Å². The molecule has 0 aromatic carbocycles. The summed E-state index contributed by atoms with van der Waals surface area (Å²) in [7, 11) is -3.75. The number of amides is 3. The molecule has 3 amide bonds. The number of hydrogen-bond donors (Lipinski definition) is 2. The van der Waals surface area contributed by atoms with Crippen LogP contribution in [0.5, 0.6) is 0 Å². The van der Waals surface area contributed by atoms with Gasteiger partial charge in [0, 0.05) is 17.8 Å². The first-order valence-electron chi connectivity index (χ1n) is 10.4. The fourth-order valence-electron chi connectivity index (χ4n) is 2.65. The van der Waals surface area contributed by atoms with Crippen LogP contribution in [0.1, 0.15) is 46.9 Å². The lowest BCUT2D eigenvalue weighted by Gasteiger charge is -2.23. The van der Waals surface area contributed by atoms with E-state index in [1.54, 1.807) is 26.8 Å². The van der Waals surface area contributed by atoms with Gasteiger partial charge in [-0.2, -0.15) is 0 Å². The predicted octanol–water partition coefficient (Wildman–Crippen LogP) is 3.76. The molecule has 0 radical (unpaired) electrons. The summed E-state index contributed by atoms with van der Waals surface area (Å²) in [5.74, 6) is -1.36. The summed E-state index contributed by atoms with van der Waals surface area (Å²) < 4.78 is 25.3. The maximum Gasteiger partial charge on any atom is 0.408 e. The van der Waals surface area contributed by atoms with Gasteiger partial charge in [-0.3, -0.25) is 14.3 Å². The van der Waals surface area contributed by atoms with Crippen LogP contribution in [-0.4, -0.2) is 43.7 Å². The highest BCUT2D eigenvalue weighted by Crippen LogP contribution is 2.25. The smallest absolute Gasteiger partial charge is 0.408 e. The Morgan fingerprint density at radius 3 is 2.41 bits per heavy atom. The van der Waals surface area contributed by atoms with Gasteiger partial charge in [0.25, 0.3) is 5.91 Å². The van der Waals surface area contributed by atoms with Crippen LogP contribution in [-0.2, 0) is 30.7 Å². The largest absolute Gasteiger partial charge is 0.444 e. The standard InChI is InChI=1S/C21H28ClN5O5S2/c1-13(2)9-15(25-20(30)32-21(3,4)5)19(29)27-34(31,18-10-14(22)12-33-18)26-17(28)11-16-23-7-6-8-24-16/h6-8,10,12-13,15H,9,11H2,1-5H3,(H,25,30)(H,26,27,28,29,31)/t15-,34?/m0/s1. The molecule has 0 spiro atoms. The predicted molar refractivity (Wildman–Crippen MR) is 130 cm³/mol. The minimum atomic E-state index is -3.75. The Morgan fingerprint density at radius 1 is 1.24 bits per heavy atom. The normalized spacial score (nSPS) is 14.1. The van der Waals surface area contributed by atoms with Gasteiger partial charge in [-0.05, 0) is 45.2 Å². The third-order valence-electron chi connectivity index (χ3n) is 3.92. The van der Waals surface area contributed by atoms with Crippen LogP contribution < -0.4 is 10.0 Å². The summed E-state index contributed by atoms with van der Waals surface area (Å²) in [4.78, 5) is 45.9. The van der Waals surface area contributed by atoms with E-state index < -0.39 is 39.5 Å². The van der Waals surface area contributed by atoms with E-state index in [0.717, 1.165) is 11.3 Å². The van der Waals surface area contributed by atoms with Gasteiger partial charge < -0.3 is 10.1 Å². The molecule has 13 heteroatoms. The van der Waals surface area contributed by atoms with Crippen LogP contribution in [0.15, 0.2) is 38.5 Å². The van der Waals surface area contributed by atoms with E-state index in [9.17, 15) is 18.6 Å². The number of alkyl carbamates (subject to hydrolysis) is 1. The van der Waals surface area contributed by atoms with Crippen molar-refractivity contribution in [1.29, 1.82) is 0 Å². The van der Waals surface area contributed by atoms with Crippen LogP contribution >= 0.6 is 22.9 Å². The van der Waals surface area contributed by atoms with Gasteiger partial charge >= 0.3 is 6.09 Å². The number of hydrogen-bond acceptors (Lipinski definition) is 8. The van der Waals surface area contributed by atoms with Gasteiger partial charge in [0.1, 0.15) is 21.7 Å². The van der Waals surface area contributed by atoms with E-state index in [-0.39, 0.29) is 33.8 Å². The van der Waals surface area contributed by atoms with Gasteiger partial charge in [-0.1, -0.05) is 25.4 Å². The molecule has 0 bridgehead atoms. The van der Waals surface area contributed by atoms with Crippen molar-refractivity contribution in [2.45, 2.75) is 63.3 Å². The molecule has 0 saturated carbocycles. The third-order valence-corrected chi connectivity index (χ3v) is 7.56. The van der Waals surface area contributed by atoms with E-state index in [1.807, 2.05) is 13.8 Å². The third kappa shape index (κ3) is 8.99. The molecule has 34 heavy (non-hydrogen) atoms. The summed E-state index contributed by atoms with van der Waals surface area (Å²) in [6.45, 7) is 8.78. The van der Waals surface area contributed by atoms with E-state index in [1.165, 1.54) is 23.8 Å². The Hall–Kier alpha value is -2.57. The van der Waals surface area contributed by atoms with Crippen molar-refractivity contribution >= 4 is 50.8 Å². The number of thiophene rings is 1. The summed E-state index contributed by atoms with van der Waals surface area (Å²) in [6, 6.07) is 1.85. The number of rotatable bonds is 8. The number of aromatic nitrogens is 2. The molecule has 2 aromatic heterocycles. The molecule has 10 nitrogen and oxygen atoms in total. The fourth-order valence-corrected chi connectivity index (χ4v) is 5.70. The Morgan fingerprint density at radius 2 is 1.88 bits per heavy atom. The summed E-state index contributed by atoms with van der Waals surface area (Å²) in [5, 5.41) is 4.28. The van der Waals surface area contributed by atoms with Crippen molar-refractivity contribution in [3.8, 4) is 0 Å². The molecule has 1 unspecified atom stereocenters. The molecule has 0 aliphatic heterocycles. The Kier molecular flexibility index (Phi) is 9.54. The number of ether oxygens (including phenoxy) is 1. The summed E-state index contributed by atoms with van der Waals surface area (Å²) in [5.41, 5.74) is -0.776. The summed E-state index contributed by atoms with van der Waals surface area (Å²) in [6.07, 6.45) is 2.08.